The lowest BCUT2D eigenvalue weighted by Gasteiger charge is -2.37. The Bertz CT molecular complexity index is 562. The molecule has 1 aliphatic heterocycles. The summed E-state index contributed by atoms with van der Waals surface area (Å²) in [6.07, 6.45) is 0. The van der Waals surface area contributed by atoms with E-state index in [1.807, 2.05) is 25.6 Å². The van der Waals surface area contributed by atoms with Crippen LogP contribution in [-0.4, -0.2) is 45.6 Å². The first-order valence-corrected chi connectivity index (χ1v) is 7.98. The van der Waals surface area contributed by atoms with Gasteiger partial charge in [0, 0.05) is 23.6 Å². The van der Waals surface area contributed by atoms with E-state index in [1.54, 1.807) is 23.1 Å². The predicted octanol–water partition coefficient (Wildman–Crippen LogP) is 3.05. The summed E-state index contributed by atoms with van der Waals surface area (Å²) in [6, 6.07) is 4.89. The van der Waals surface area contributed by atoms with Crippen LogP contribution < -0.4 is 5.32 Å². The number of aryl methyl sites for hydroxylation is 1. The van der Waals surface area contributed by atoms with Crippen molar-refractivity contribution in [1.82, 2.24) is 4.90 Å². The molecule has 6 heteroatoms. The number of carboxylic acid groups (broad SMARTS) is 1. The number of urea groups is 1. The van der Waals surface area contributed by atoms with Crippen LogP contribution in [0.5, 0.6) is 0 Å². The Hall–Kier alpha value is -1.69. The van der Waals surface area contributed by atoms with Gasteiger partial charge < -0.3 is 15.3 Å². The van der Waals surface area contributed by atoms with Crippen molar-refractivity contribution in [3.05, 3.63) is 29.3 Å². The van der Waals surface area contributed by atoms with Crippen molar-refractivity contribution in [1.29, 1.82) is 0 Å². The molecule has 1 heterocycles. The number of amides is 2. The van der Waals surface area contributed by atoms with Crippen molar-refractivity contribution in [2.24, 2.45) is 0 Å². The quantitative estimate of drug-likeness (QED) is 0.881. The summed E-state index contributed by atoms with van der Waals surface area (Å²) in [5.74, 6) is -0.136. The molecule has 2 unspecified atom stereocenters. The zero-order valence-corrected chi connectivity index (χ0v) is 13.2. The molecule has 0 aromatic heterocycles. The molecule has 2 atom stereocenters. The van der Waals surface area contributed by atoms with Gasteiger partial charge in [-0.3, -0.25) is 0 Å². The van der Waals surface area contributed by atoms with E-state index in [-0.39, 0.29) is 17.6 Å². The summed E-state index contributed by atoms with van der Waals surface area (Å²) < 4.78 is 0. The average molecular weight is 308 g/mol. The summed E-state index contributed by atoms with van der Waals surface area (Å²) >= 11 is 1.85. The van der Waals surface area contributed by atoms with Gasteiger partial charge in [0.2, 0.25) is 0 Å². The number of anilines is 1. The highest BCUT2D eigenvalue weighted by molar-refractivity contribution is 8.00. The van der Waals surface area contributed by atoms with Crippen molar-refractivity contribution in [3.63, 3.8) is 0 Å². The molecule has 0 radical (unpaired) electrons. The fourth-order valence-electron chi connectivity index (χ4n) is 2.35. The fourth-order valence-corrected chi connectivity index (χ4v) is 3.45. The molecule has 1 aromatic carbocycles. The van der Waals surface area contributed by atoms with Crippen LogP contribution in [0.3, 0.4) is 0 Å². The van der Waals surface area contributed by atoms with Crippen molar-refractivity contribution in [3.8, 4) is 0 Å². The van der Waals surface area contributed by atoms with Crippen LogP contribution >= 0.6 is 11.8 Å². The van der Waals surface area contributed by atoms with E-state index in [1.165, 1.54) is 0 Å². The Morgan fingerprint density at radius 3 is 2.76 bits per heavy atom. The SMILES string of the molecule is Cc1ccc(NC(=O)N2CCSC(C)C2C)c(C(=O)O)c1. The Kier molecular flexibility index (Phi) is 4.77. The second kappa shape index (κ2) is 6.39. The zero-order valence-electron chi connectivity index (χ0n) is 12.4. The van der Waals surface area contributed by atoms with E-state index in [9.17, 15) is 14.7 Å². The second-order valence-corrected chi connectivity index (χ2v) is 6.78. The molecule has 2 rings (SSSR count). The second-order valence-electron chi connectivity index (χ2n) is 5.29. The first-order valence-electron chi connectivity index (χ1n) is 6.93. The van der Waals surface area contributed by atoms with Crippen LogP contribution in [0.4, 0.5) is 10.5 Å². The summed E-state index contributed by atoms with van der Waals surface area (Å²) in [5, 5.41) is 12.4. The van der Waals surface area contributed by atoms with E-state index < -0.39 is 5.97 Å². The van der Waals surface area contributed by atoms with Crippen LogP contribution in [0.15, 0.2) is 18.2 Å². The number of rotatable bonds is 2. The standard InChI is InChI=1S/C15H20N2O3S/c1-9-4-5-13(12(8-9)14(18)19)16-15(20)17-6-7-21-11(3)10(17)2/h4-5,8,10-11H,6-7H2,1-3H3,(H,16,20)(H,18,19). The number of thioether (sulfide) groups is 1. The van der Waals surface area contributed by atoms with Gasteiger partial charge in [-0.15, -0.1) is 0 Å². The van der Waals surface area contributed by atoms with E-state index in [0.29, 0.717) is 17.5 Å². The lowest BCUT2D eigenvalue weighted by molar-refractivity contribution is 0.0698. The molecule has 2 amide bonds. The van der Waals surface area contributed by atoms with Gasteiger partial charge in [0.1, 0.15) is 0 Å². The number of benzene rings is 1. The van der Waals surface area contributed by atoms with Gasteiger partial charge in [0.25, 0.3) is 0 Å². The molecule has 0 spiro atoms. The molecule has 1 aromatic rings. The molecule has 21 heavy (non-hydrogen) atoms. The van der Waals surface area contributed by atoms with Crippen molar-refractivity contribution in [2.75, 3.05) is 17.6 Å². The third kappa shape index (κ3) is 3.50. The van der Waals surface area contributed by atoms with Gasteiger partial charge in [-0.25, -0.2) is 9.59 Å². The molecule has 1 aliphatic rings. The summed E-state index contributed by atoms with van der Waals surface area (Å²) in [7, 11) is 0. The Morgan fingerprint density at radius 1 is 1.38 bits per heavy atom. The summed E-state index contributed by atoms with van der Waals surface area (Å²) in [6.45, 7) is 6.62. The lowest BCUT2D eigenvalue weighted by atomic mass is 10.1. The van der Waals surface area contributed by atoms with Crippen molar-refractivity contribution < 1.29 is 14.7 Å². The average Bonchev–Trinajstić information content (AvgIpc) is 2.43. The van der Waals surface area contributed by atoms with Crippen LogP contribution in [-0.2, 0) is 0 Å². The monoisotopic (exact) mass is 308 g/mol. The maximum Gasteiger partial charge on any atom is 0.337 e. The Balaban J connectivity index is 2.18. The molecule has 1 saturated heterocycles. The molecule has 0 bridgehead atoms. The smallest absolute Gasteiger partial charge is 0.337 e. The Labute approximate surface area is 128 Å². The number of nitrogens with one attached hydrogen (secondary N) is 1. The summed E-state index contributed by atoms with van der Waals surface area (Å²) in [4.78, 5) is 25.4. The largest absolute Gasteiger partial charge is 0.478 e. The number of carbonyl (C=O) groups excluding carboxylic acids is 1. The number of hydrogen-bond donors (Lipinski definition) is 2. The van der Waals surface area contributed by atoms with Crippen molar-refractivity contribution >= 4 is 29.4 Å². The van der Waals surface area contributed by atoms with E-state index >= 15 is 0 Å². The van der Waals surface area contributed by atoms with Gasteiger partial charge in [0.05, 0.1) is 11.3 Å². The number of nitrogens with zero attached hydrogens (tertiary/aromatic N) is 1. The van der Waals surface area contributed by atoms with Crippen LogP contribution in [0, 0.1) is 6.92 Å². The van der Waals surface area contributed by atoms with Crippen LogP contribution in [0.25, 0.3) is 0 Å². The van der Waals surface area contributed by atoms with E-state index in [4.69, 9.17) is 0 Å². The molecular weight excluding hydrogens is 288 g/mol. The van der Waals surface area contributed by atoms with Gasteiger partial charge in [-0.1, -0.05) is 18.6 Å². The van der Waals surface area contributed by atoms with E-state index in [0.717, 1.165) is 11.3 Å². The number of carbonyl (C=O) groups is 2. The topological polar surface area (TPSA) is 69.6 Å². The molecular formula is C15H20N2O3S. The predicted molar refractivity (Wildman–Crippen MR) is 85.2 cm³/mol. The normalized spacial score (nSPS) is 22.0. The number of carboxylic acids is 1. The molecule has 2 N–H and O–H groups in total. The molecule has 114 valence electrons. The minimum atomic E-state index is -1.04. The number of hydrogen-bond acceptors (Lipinski definition) is 3. The van der Waals surface area contributed by atoms with Gasteiger partial charge in [0.15, 0.2) is 0 Å². The fraction of sp³-hybridized carbons (Fsp3) is 0.467. The van der Waals surface area contributed by atoms with Crippen LogP contribution in [0.2, 0.25) is 0 Å². The van der Waals surface area contributed by atoms with Gasteiger partial charge in [-0.2, -0.15) is 11.8 Å². The van der Waals surface area contributed by atoms with Gasteiger partial charge >= 0.3 is 12.0 Å². The molecule has 0 saturated carbocycles. The Morgan fingerprint density at radius 2 is 2.10 bits per heavy atom. The van der Waals surface area contributed by atoms with E-state index in [2.05, 4.69) is 12.2 Å². The number of aromatic carboxylic acids is 1. The highest BCUT2D eigenvalue weighted by Crippen LogP contribution is 2.25. The first-order chi connectivity index (χ1) is 9.90. The highest BCUT2D eigenvalue weighted by atomic mass is 32.2. The molecule has 0 aliphatic carbocycles. The maximum atomic E-state index is 12.4. The zero-order chi connectivity index (χ0) is 15.6. The highest BCUT2D eigenvalue weighted by Gasteiger charge is 2.29. The third-order valence-electron chi connectivity index (χ3n) is 3.79. The molecule has 1 fully saturated rings. The minimum Gasteiger partial charge on any atom is -0.478 e. The summed E-state index contributed by atoms with van der Waals surface area (Å²) in [5.41, 5.74) is 1.31. The maximum absolute atomic E-state index is 12.4. The first kappa shape index (κ1) is 15.7. The van der Waals surface area contributed by atoms with Gasteiger partial charge in [-0.05, 0) is 26.0 Å². The van der Waals surface area contributed by atoms with Crippen LogP contribution in [0.1, 0.15) is 29.8 Å². The third-order valence-corrected chi connectivity index (χ3v) is 5.13. The lowest BCUT2D eigenvalue weighted by Crippen LogP contribution is -2.49. The minimum absolute atomic E-state index is 0.121. The van der Waals surface area contributed by atoms with Crippen molar-refractivity contribution in [2.45, 2.75) is 32.1 Å². The molecule has 5 nitrogen and oxygen atoms in total.